The molecule has 0 bridgehead atoms. The van der Waals surface area contributed by atoms with E-state index in [-0.39, 0.29) is 18.2 Å². The summed E-state index contributed by atoms with van der Waals surface area (Å²) in [6, 6.07) is 11.4. The molecule has 0 aliphatic carbocycles. The number of carbonyl (C=O) groups excluding carboxylic acids is 1. The van der Waals surface area contributed by atoms with Gasteiger partial charge >= 0.3 is 0 Å². The Balaban J connectivity index is 1.69. The van der Waals surface area contributed by atoms with Gasteiger partial charge in [-0.3, -0.25) is 4.79 Å². The lowest BCUT2D eigenvalue weighted by molar-refractivity contribution is -0.116. The number of anilines is 1. The third kappa shape index (κ3) is 3.17. The zero-order valence-corrected chi connectivity index (χ0v) is 19.0. The fraction of sp³-hybridized carbons (Fsp3) is 0.150. The third-order valence-corrected chi connectivity index (χ3v) is 7.30. The highest BCUT2D eigenvalue weighted by molar-refractivity contribution is 9.10. The molecule has 4 aromatic rings. The monoisotopic (exact) mass is 506 g/mol. The minimum atomic E-state index is -0.220. The molecule has 0 radical (unpaired) electrons. The number of rotatable bonds is 2. The number of fused-ring (bicyclic) bond motifs is 2. The average molecular weight is 508 g/mol. The molecular weight excluding hydrogens is 495 g/mol. The van der Waals surface area contributed by atoms with Gasteiger partial charge in [-0.1, -0.05) is 62.6 Å². The van der Waals surface area contributed by atoms with Gasteiger partial charge in [0.05, 0.1) is 26.0 Å². The molecule has 0 saturated heterocycles. The summed E-state index contributed by atoms with van der Waals surface area (Å²) in [7, 11) is 0. The van der Waals surface area contributed by atoms with Crippen molar-refractivity contribution in [1.82, 2.24) is 14.8 Å². The summed E-state index contributed by atoms with van der Waals surface area (Å²) in [6.07, 6.45) is 0.284. The molecular formula is C20H13BrCl2N4OS. The molecule has 0 fully saturated rings. The summed E-state index contributed by atoms with van der Waals surface area (Å²) in [6.45, 7) is 1.93. The first-order valence-corrected chi connectivity index (χ1v) is 11.2. The Hall–Kier alpha value is -1.93. The van der Waals surface area contributed by atoms with Crippen LogP contribution >= 0.6 is 50.5 Å². The number of amides is 1. The van der Waals surface area contributed by atoms with Crippen LogP contribution in [0.4, 0.5) is 5.82 Å². The number of aryl methyl sites for hydroxylation is 1. The van der Waals surface area contributed by atoms with E-state index in [9.17, 15) is 4.79 Å². The zero-order chi connectivity index (χ0) is 20.3. The lowest BCUT2D eigenvalue weighted by atomic mass is 9.86. The van der Waals surface area contributed by atoms with E-state index in [0.29, 0.717) is 21.0 Å². The number of halogens is 3. The number of aromatic nitrogens is 3. The number of nitrogens with one attached hydrogen (secondary N) is 1. The molecule has 1 amide bonds. The highest BCUT2D eigenvalue weighted by Crippen LogP contribution is 2.44. The van der Waals surface area contributed by atoms with Crippen LogP contribution < -0.4 is 5.32 Å². The van der Waals surface area contributed by atoms with Gasteiger partial charge in [-0.25, -0.2) is 4.98 Å². The lowest BCUT2D eigenvalue weighted by Crippen LogP contribution is -2.25. The van der Waals surface area contributed by atoms with E-state index in [1.165, 1.54) is 11.3 Å². The van der Waals surface area contributed by atoms with Crippen molar-refractivity contribution < 1.29 is 4.79 Å². The minimum Gasteiger partial charge on any atom is -0.310 e. The van der Waals surface area contributed by atoms with Crippen LogP contribution in [0.15, 0.2) is 40.9 Å². The van der Waals surface area contributed by atoms with Gasteiger partial charge in [-0.15, -0.1) is 0 Å². The summed E-state index contributed by atoms with van der Waals surface area (Å²) < 4.78 is 3.74. The lowest BCUT2D eigenvalue weighted by Gasteiger charge is -2.25. The second kappa shape index (κ2) is 7.09. The van der Waals surface area contributed by atoms with E-state index in [2.05, 4.69) is 21.2 Å². The highest BCUT2D eigenvalue weighted by atomic mass is 79.9. The highest BCUT2D eigenvalue weighted by Gasteiger charge is 2.34. The van der Waals surface area contributed by atoms with Crippen LogP contribution in [-0.2, 0) is 4.79 Å². The van der Waals surface area contributed by atoms with Crippen LogP contribution in [0, 0.1) is 6.92 Å². The van der Waals surface area contributed by atoms with Gasteiger partial charge in [-0.05, 0) is 36.8 Å². The number of carbonyl (C=O) groups is 1. The Bertz CT molecular complexity index is 1300. The molecule has 1 aliphatic heterocycles. The molecule has 0 spiro atoms. The van der Waals surface area contributed by atoms with Crippen LogP contribution in [-0.4, -0.2) is 20.7 Å². The summed E-state index contributed by atoms with van der Waals surface area (Å²) in [5, 5.41) is 9.32. The predicted molar refractivity (Wildman–Crippen MR) is 121 cm³/mol. The van der Waals surface area contributed by atoms with Crippen LogP contribution in [0.1, 0.15) is 29.2 Å². The van der Waals surface area contributed by atoms with E-state index in [1.807, 2.05) is 37.3 Å². The van der Waals surface area contributed by atoms with Gasteiger partial charge in [0.1, 0.15) is 5.82 Å². The van der Waals surface area contributed by atoms with Crippen LogP contribution in [0.5, 0.6) is 0 Å². The average Bonchev–Trinajstić information content (AvgIpc) is 3.24. The third-order valence-electron chi connectivity index (χ3n) is 4.98. The molecule has 146 valence electrons. The SMILES string of the molecule is Cc1nn(-c2nc3ccc(Br)cc3s2)c2c1[C@@H](c1cccc(Cl)c1Cl)CC(=O)N2. The number of hydrogen-bond donors (Lipinski definition) is 1. The second-order valence-electron chi connectivity index (χ2n) is 6.82. The number of thiazole rings is 1. The van der Waals surface area contributed by atoms with Gasteiger partial charge in [0, 0.05) is 22.4 Å². The molecule has 1 aliphatic rings. The number of benzene rings is 2. The van der Waals surface area contributed by atoms with Crippen molar-refractivity contribution in [2.45, 2.75) is 19.3 Å². The second-order valence-corrected chi connectivity index (χ2v) is 9.53. The molecule has 1 N–H and O–H groups in total. The number of nitrogens with zero attached hydrogens (tertiary/aromatic N) is 3. The first-order valence-electron chi connectivity index (χ1n) is 8.82. The zero-order valence-electron chi connectivity index (χ0n) is 15.0. The summed E-state index contributed by atoms with van der Waals surface area (Å²) >= 11 is 17.7. The molecule has 9 heteroatoms. The quantitative estimate of drug-likeness (QED) is 0.344. The van der Waals surface area contributed by atoms with Crippen molar-refractivity contribution in [2.75, 3.05) is 5.32 Å². The van der Waals surface area contributed by atoms with Gasteiger partial charge in [-0.2, -0.15) is 9.78 Å². The number of hydrogen-bond acceptors (Lipinski definition) is 4. The van der Waals surface area contributed by atoms with Crippen molar-refractivity contribution in [2.24, 2.45) is 0 Å². The van der Waals surface area contributed by atoms with Gasteiger partial charge in [0.25, 0.3) is 0 Å². The van der Waals surface area contributed by atoms with Gasteiger partial charge in [0.15, 0.2) is 0 Å². The smallest absolute Gasteiger partial charge is 0.226 e. The maximum Gasteiger partial charge on any atom is 0.226 e. The molecule has 29 heavy (non-hydrogen) atoms. The fourth-order valence-electron chi connectivity index (χ4n) is 3.72. The largest absolute Gasteiger partial charge is 0.310 e. The molecule has 0 unspecified atom stereocenters. The van der Waals surface area contributed by atoms with E-state index >= 15 is 0 Å². The standard InChI is InChI=1S/C20H13BrCl2N4OS/c1-9-17-12(11-3-2-4-13(22)18(11)23)8-16(28)25-19(17)27(26-9)20-24-14-6-5-10(21)7-15(14)29-20/h2-7,12H,8H2,1H3,(H,25,28)/t12-/m1/s1. The Morgan fingerprint density at radius 1 is 1.28 bits per heavy atom. The van der Waals surface area contributed by atoms with Crippen molar-refractivity contribution in [3.05, 3.63) is 67.7 Å². The van der Waals surface area contributed by atoms with Gasteiger partial charge in [0.2, 0.25) is 11.0 Å². The molecule has 2 aromatic carbocycles. The maximum absolute atomic E-state index is 12.6. The van der Waals surface area contributed by atoms with E-state index in [0.717, 1.165) is 31.5 Å². The molecule has 0 saturated carbocycles. The maximum atomic E-state index is 12.6. The Morgan fingerprint density at radius 3 is 2.93 bits per heavy atom. The molecule has 3 heterocycles. The van der Waals surface area contributed by atoms with E-state index in [4.69, 9.17) is 33.3 Å². The van der Waals surface area contributed by atoms with Crippen molar-refractivity contribution in [3.63, 3.8) is 0 Å². The van der Waals surface area contributed by atoms with Crippen LogP contribution in [0.2, 0.25) is 10.0 Å². The molecule has 5 nitrogen and oxygen atoms in total. The topological polar surface area (TPSA) is 59.8 Å². The normalized spacial score (nSPS) is 16.1. The summed E-state index contributed by atoms with van der Waals surface area (Å²) in [4.78, 5) is 17.3. The Kier molecular flexibility index (Phi) is 4.66. The summed E-state index contributed by atoms with van der Waals surface area (Å²) in [5.74, 6) is 0.323. The van der Waals surface area contributed by atoms with E-state index < -0.39 is 0 Å². The van der Waals surface area contributed by atoms with Crippen molar-refractivity contribution >= 4 is 72.4 Å². The Morgan fingerprint density at radius 2 is 2.10 bits per heavy atom. The summed E-state index contributed by atoms with van der Waals surface area (Å²) in [5.41, 5.74) is 3.47. The first-order chi connectivity index (χ1) is 13.9. The van der Waals surface area contributed by atoms with E-state index in [1.54, 1.807) is 10.7 Å². The van der Waals surface area contributed by atoms with Crippen LogP contribution in [0.3, 0.4) is 0 Å². The molecule has 5 rings (SSSR count). The molecule has 1 atom stereocenters. The Labute approximate surface area is 188 Å². The van der Waals surface area contributed by atoms with Gasteiger partial charge < -0.3 is 5.32 Å². The van der Waals surface area contributed by atoms with Crippen LogP contribution in [0.25, 0.3) is 15.3 Å². The fourth-order valence-corrected chi connectivity index (χ4v) is 5.63. The predicted octanol–water partition coefficient (Wildman–Crippen LogP) is 6.33. The molecule has 2 aromatic heterocycles. The minimum absolute atomic E-state index is 0.0939. The van der Waals surface area contributed by atoms with Crippen molar-refractivity contribution in [3.8, 4) is 5.13 Å². The van der Waals surface area contributed by atoms with Crippen molar-refractivity contribution in [1.29, 1.82) is 0 Å². The first kappa shape index (κ1) is 19.1.